The third kappa shape index (κ3) is 3.24. The molecule has 2 heterocycles. The average Bonchev–Trinajstić information content (AvgIpc) is 2.68. The van der Waals surface area contributed by atoms with E-state index in [0.717, 1.165) is 23.4 Å². The molecule has 9 heteroatoms. The summed E-state index contributed by atoms with van der Waals surface area (Å²) in [6.07, 6.45) is 0.307. The highest BCUT2D eigenvalue weighted by Gasteiger charge is 2.37. The van der Waals surface area contributed by atoms with Crippen molar-refractivity contribution >= 4 is 21.8 Å². The van der Waals surface area contributed by atoms with Crippen LogP contribution in [0.15, 0.2) is 47.4 Å². The molecule has 0 saturated carbocycles. The number of anilines is 1. The lowest BCUT2D eigenvalue weighted by molar-refractivity contribution is 0.136. The third-order valence-electron chi connectivity index (χ3n) is 5.10. The minimum Gasteiger partial charge on any atom is -0.444 e. The van der Waals surface area contributed by atoms with Gasteiger partial charge in [0.1, 0.15) is 23.1 Å². The first-order valence-corrected chi connectivity index (χ1v) is 10.3. The van der Waals surface area contributed by atoms with Gasteiger partial charge in [0.05, 0.1) is 5.69 Å². The quantitative estimate of drug-likeness (QED) is 0.782. The number of fused-ring (bicyclic) bond motifs is 1. The number of para-hydroxylation sites is 1. The van der Waals surface area contributed by atoms with Gasteiger partial charge in [-0.05, 0) is 31.0 Å². The van der Waals surface area contributed by atoms with E-state index in [1.807, 2.05) is 24.3 Å². The molecule has 1 fully saturated rings. The SMILES string of the molecule is O=C1OCc2ccccc2N1C1CCN(S(=O)(=O)c2ccc(F)cc2F)CC1. The van der Waals surface area contributed by atoms with Gasteiger partial charge in [-0.1, -0.05) is 18.2 Å². The number of halogens is 2. The fraction of sp³-hybridized carbons (Fsp3) is 0.316. The molecule has 2 aliphatic rings. The molecule has 28 heavy (non-hydrogen) atoms. The normalized spacial score (nSPS) is 18.6. The maximum Gasteiger partial charge on any atom is 0.414 e. The minimum absolute atomic E-state index is 0.121. The number of cyclic esters (lactones) is 1. The van der Waals surface area contributed by atoms with E-state index in [1.54, 1.807) is 4.90 Å². The molecule has 0 unspecified atom stereocenters. The van der Waals surface area contributed by atoms with Gasteiger partial charge in [0.15, 0.2) is 0 Å². The zero-order chi connectivity index (χ0) is 19.9. The van der Waals surface area contributed by atoms with Gasteiger partial charge in [0.25, 0.3) is 0 Å². The second-order valence-electron chi connectivity index (χ2n) is 6.76. The van der Waals surface area contributed by atoms with Crippen LogP contribution in [0.25, 0.3) is 0 Å². The van der Waals surface area contributed by atoms with Crippen LogP contribution in [0.4, 0.5) is 19.3 Å². The second-order valence-corrected chi connectivity index (χ2v) is 8.67. The molecule has 0 bridgehead atoms. The van der Waals surface area contributed by atoms with Gasteiger partial charge in [-0.15, -0.1) is 0 Å². The van der Waals surface area contributed by atoms with Gasteiger partial charge in [0.2, 0.25) is 10.0 Å². The number of sulfonamides is 1. The Bertz CT molecular complexity index is 1020. The number of hydrogen-bond donors (Lipinski definition) is 0. The fourth-order valence-corrected chi connectivity index (χ4v) is 5.20. The highest BCUT2D eigenvalue weighted by atomic mass is 32.2. The van der Waals surface area contributed by atoms with Crippen molar-refractivity contribution < 1.29 is 26.7 Å². The van der Waals surface area contributed by atoms with Crippen LogP contribution in [-0.2, 0) is 21.4 Å². The molecule has 1 amide bonds. The summed E-state index contributed by atoms with van der Waals surface area (Å²) in [5, 5.41) is 0. The monoisotopic (exact) mass is 408 g/mol. The van der Waals surface area contributed by atoms with E-state index in [0.29, 0.717) is 18.9 Å². The molecule has 0 aliphatic carbocycles. The van der Waals surface area contributed by atoms with Gasteiger partial charge in [-0.25, -0.2) is 22.0 Å². The van der Waals surface area contributed by atoms with E-state index in [1.165, 1.54) is 4.31 Å². The predicted octanol–water partition coefficient (Wildman–Crippen LogP) is 3.27. The number of rotatable bonds is 3. The first kappa shape index (κ1) is 18.8. The molecule has 0 N–H and O–H groups in total. The number of benzene rings is 2. The molecular formula is C19H18F2N2O4S. The smallest absolute Gasteiger partial charge is 0.414 e. The summed E-state index contributed by atoms with van der Waals surface area (Å²) < 4.78 is 58.9. The molecule has 1 saturated heterocycles. The van der Waals surface area contributed by atoms with Gasteiger partial charge >= 0.3 is 6.09 Å². The first-order chi connectivity index (χ1) is 13.4. The van der Waals surface area contributed by atoms with Crippen LogP contribution in [-0.4, -0.2) is 37.9 Å². The van der Waals surface area contributed by atoms with E-state index in [2.05, 4.69) is 0 Å². The van der Waals surface area contributed by atoms with E-state index >= 15 is 0 Å². The lowest BCUT2D eigenvalue weighted by Crippen LogP contribution is -2.50. The average molecular weight is 408 g/mol. The molecule has 0 radical (unpaired) electrons. The molecule has 148 valence electrons. The number of amides is 1. The zero-order valence-electron chi connectivity index (χ0n) is 14.8. The van der Waals surface area contributed by atoms with Crippen molar-refractivity contribution in [1.82, 2.24) is 4.31 Å². The lowest BCUT2D eigenvalue weighted by atomic mass is 10.0. The van der Waals surface area contributed by atoms with Crippen LogP contribution in [0, 0.1) is 11.6 Å². The van der Waals surface area contributed by atoms with Gasteiger partial charge < -0.3 is 4.74 Å². The fourth-order valence-electron chi connectivity index (χ4n) is 3.69. The van der Waals surface area contributed by atoms with E-state index in [-0.39, 0.29) is 25.7 Å². The Hall–Kier alpha value is -2.52. The lowest BCUT2D eigenvalue weighted by Gasteiger charge is -2.39. The molecule has 2 aromatic rings. The maximum atomic E-state index is 14.0. The van der Waals surface area contributed by atoms with Crippen molar-refractivity contribution in [2.75, 3.05) is 18.0 Å². The Morgan fingerprint density at radius 3 is 2.46 bits per heavy atom. The van der Waals surface area contributed by atoms with Crippen molar-refractivity contribution in [3.8, 4) is 0 Å². The third-order valence-corrected chi connectivity index (χ3v) is 7.03. The van der Waals surface area contributed by atoms with Gasteiger partial charge in [0, 0.05) is 30.8 Å². The molecule has 4 rings (SSSR count). The first-order valence-electron chi connectivity index (χ1n) is 8.87. The summed E-state index contributed by atoms with van der Waals surface area (Å²) >= 11 is 0. The largest absolute Gasteiger partial charge is 0.444 e. The van der Waals surface area contributed by atoms with Crippen LogP contribution in [0.2, 0.25) is 0 Å². The number of piperidine rings is 1. The van der Waals surface area contributed by atoms with Crippen LogP contribution < -0.4 is 4.90 Å². The molecular weight excluding hydrogens is 390 g/mol. The standard InChI is InChI=1S/C19H18F2N2O4S/c20-14-5-6-18(16(21)11-14)28(25,26)22-9-7-15(8-10-22)23-17-4-2-1-3-13(17)12-27-19(23)24/h1-6,11,15H,7-10,12H2. The number of hydrogen-bond acceptors (Lipinski definition) is 4. The molecule has 0 aromatic heterocycles. The minimum atomic E-state index is -4.08. The van der Waals surface area contributed by atoms with E-state index < -0.39 is 32.6 Å². The Morgan fingerprint density at radius 2 is 1.75 bits per heavy atom. The Balaban J connectivity index is 1.53. The van der Waals surface area contributed by atoms with Gasteiger partial charge in [-0.3, -0.25) is 4.90 Å². The summed E-state index contributed by atoms with van der Waals surface area (Å²) in [4.78, 5) is 13.3. The molecule has 2 aromatic carbocycles. The van der Waals surface area contributed by atoms with Crippen LogP contribution >= 0.6 is 0 Å². The summed E-state index contributed by atoms with van der Waals surface area (Å²) in [7, 11) is -4.08. The maximum absolute atomic E-state index is 14.0. The Labute approximate surface area is 161 Å². The van der Waals surface area contributed by atoms with E-state index in [4.69, 9.17) is 4.74 Å². The van der Waals surface area contributed by atoms with Crippen LogP contribution in [0.5, 0.6) is 0 Å². The van der Waals surface area contributed by atoms with Crippen molar-refractivity contribution in [3.63, 3.8) is 0 Å². The number of nitrogens with zero attached hydrogens (tertiary/aromatic N) is 2. The summed E-state index contributed by atoms with van der Waals surface area (Å²) in [6.45, 7) is 0.452. The van der Waals surface area contributed by atoms with Crippen LogP contribution in [0.3, 0.4) is 0 Å². The van der Waals surface area contributed by atoms with E-state index in [9.17, 15) is 22.0 Å². The van der Waals surface area contributed by atoms with Crippen LogP contribution in [0.1, 0.15) is 18.4 Å². The summed E-state index contributed by atoms with van der Waals surface area (Å²) in [5.74, 6) is -1.95. The second kappa shape index (κ2) is 7.14. The highest BCUT2D eigenvalue weighted by Crippen LogP contribution is 2.33. The topological polar surface area (TPSA) is 66.9 Å². The van der Waals surface area contributed by atoms with Crippen molar-refractivity contribution in [1.29, 1.82) is 0 Å². The summed E-state index contributed by atoms with van der Waals surface area (Å²) in [6, 6.07) is 9.61. The Kier molecular flexibility index (Phi) is 4.80. The number of carbonyl (C=O) groups excluding carboxylic acids is 1. The zero-order valence-corrected chi connectivity index (χ0v) is 15.7. The Morgan fingerprint density at radius 1 is 1.04 bits per heavy atom. The summed E-state index contributed by atoms with van der Waals surface area (Å²) in [5.41, 5.74) is 1.66. The molecule has 0 spiro atoms. The predicted molar refractivity (Wildman–Crippen MR) is 97.2 cm³/mol. The highest BCUT2D eigenvalue weighted by molar-refractivity contribution is 7.89. The van der Waals surface area contributed by atoms with Crippen molar-refractivity contribution in [3.05, 3.63) is 59.7 Å². The van der Waals surface area contributed by atoms with Crippen molar-refractivity contribution in [2.24, 2.45) is 0 Å². The van der Waals surface area contributed by atoms with Crippen molar-refractivity contribution in [2.45, 2.75) is 30.4 Å². The number of carbonyl (C=O) groups is 1. The molecule has 0 atom stereocenters. The number of ether oxygens (including phenoxy) is 1. The molecule has 2 aliphatic heterocycles. The molecule has 6 nitrogen and oxygen atoms in total. The van der Waals surface area contributed by atoms with Gasteiger partial charge in [-0.2, -0.15) is 4.31 Å².